The molecule has 0 heterocycles. The van der Waals surface area contributed by atoms with E-state index in [9.17, 15) is 28.1 Å². The average Bonchev–Trinajstić information content (AvgIpc) is 2.60. The van der Waals surface area contributed by atoms with Gasteiger partial charge in [-0.1, -0.05) is 18.2 Å². The SMILES string of the molecule is Cc1ccc(/C=N\NC(=O)CNc2cccc(C(F)(F)F)c2)cc1[N+](=O)[O-]. The van der Waals surface area contributed by atoms with Crippen molar-refractivity contribution in [1.29, 1.82) is 0 Å². The molecule has 7 nitrogen and oxygen atoms in total. The Morgan fingerprint density at radius 3 is 2.67 bits per heavy atom. The van der Waals surface area contributed by atoms with Crippen LogP contribution in [0.5, 0.6) is 0 Å². The van der Waals surface area contributed by atoms with E-state index in [2.05, 4.69) is 15.8 Å². The number of nitrogens with zero attached hydrogens (tertiary/aromatic N) is 2. The first-order valence-electron chi connectivity index (χ1n) is 7.65. The van der Waals surface area contributed by atoms with Gasteiger partial charge in [0.15, 0.2) is 0 Å². The summed E-state index contributed by atoms with van der Waals surface area (Å²) in [4.78, 5) is 22.1. The minimum absolute atomic E-state index is 0.0727. The molecule has 2 N–H and O–H groups in total. The number of nitro benzene ring substituents is 1. The summed E-state index contributed by atoms with van der Waals surface area (Å²) in [6, 6.07) is 8.91. The van der Waals surface area contributed by atoms with Crippen LogP contribution in [-0.2, 0) is 11.0 Å². The van der Waals surface area contributed by atoms with E-state index in [4.69, 9.17) is 0 Å². The molecule has 0 saturated carbocycles. The van der Waals surface area contributed by atoms with Crippen molar-refractivity contribution in [1.82, 2.24) is 5.43 Å². The maximum absolute atomic E-state index is 12.6. The van der Waals surface area contributed by atoms with Gasteiger partial charge in [-0.15, -0.1) is 0 Å². The number of anilines is 1. The number of rotatable bonds is 6. The van der Waals surface area contributed by atoms with Crippen molar-refractivity contribution < 1.29 is 22.9 Å². The van der Waals surface area contributed by atoms with Crippen LogP contribution in [0.15, 0.2) is 47.6 Å². The molecule has 0 atom stereocenters. The lowest BCUT2D eigenvalue weighted by Gasteiger charge is -2.10. The lowest BCUT2D eigenvalue weighted by atomic mass is 10.1. The second-order valence-corrected chi connectivity index (χ2v) is 5.53. The fourth-order valence-corrected chi connectivity index (χ4v) is 2.11. The van der Waals surface area contributed by atoms with E-state index in [1.165, 1.54) is 24.4 Å². The number of nitro groups is 1. The highest BCUT2D eigenvalue weighted by Gasteiger charge is 2.30. The monoisotopic (exact) mass is 380 g/mol. The molecule has 0 saturated heterocycles. The summed E-state index contributed by atoms with van der Waals surface area (Å²) in [7, 11) is 0. The third kappa shape index (κ3) is 5.80. The molecule has 0 radical (unpaired) electrons. The number of amides is 1. The zero-order valence-electron chi connectivity index (χ0n) is 14.1. The molecule has 0 fully saturated rings. The number of halogens is 3. The van der Waals surface area contributed by atoms with Crippen LogP contribution in [0.2, 0.25) is 0 Å². The van der Waals surface area contributed by atoms with Crippen LogP contribution in [0, 0.1) is 17.0 Å². The Labute approximate surface area is 152 Å². The van der Waals surface area contributed by atoms with Crippen molar-refractivity contribution in [3.8, 4) is 0 Å². The van der Waals surface area contributed by atoms with Gasteiger partial charge in [0.1, 0.15) is 0 Å². The van der Waals surface area contributed by atoms with Gasteiger partial charge in [-0.3, -0.25) is 14.9 Å². The Bertz CT molecular complexity index is 882. The van der Waals surface area contributed by atoms with Crippen LogP contribution in [0.3, 0.4) is 0 Å². The predicted molar refractivity (Wildman–Crippen MR) is 93.5 cm³/mol. The first-order chi connectivity index (χ1) is 12.7. The number of carbonyl (C=O) groups is 1. The van der Waals surface area contributed by atoms with Crippen LogP contribution in [0.1, 0.15) is 16.7 Å². The highest BCUT2D eigenvalue weighted by molar-refractivity contribution is 5.84. The molecule has 0 aliphatic heterocycles. The standard InChI is InChI=1S/C17H15F3N4O3/c1-11-5-6-12(7-15(11)24(26)27)9-22-23-16(25)10-21-14-4-2-3-13(8-14)17(18,19)20/h2-9,21H,10H2,1H3,(H,23,25)/b22-9-. The Morgan fingerprint density at radius 1 is 1.26 bits per heavy atom. The normalized spacial score (nSPS) is 11.4. The summed E-state index contributed by atoms with van der Waals surface area (Å²) in [6.45, 7) is 1.30. The minimum Gasteiger partial charge on any atom is -0.376 e. The third-order valence-electron chi connectivity index (χ3n) is 3.48. The quantitative estimate of drug-likeness (QED) is 0.455. The Balaban J connectivity index is 1.91. The molecule has 0 unspecified atom stereocenters. The molecule has 1 amide bonds. The molecule has 0 aliphatic rings. The van der Waals surface area contributed by atoms with Gasteiger partial charge in [0.25, 0.3) is 11.6 Å². The van der Waals surface area contributed by atoms with Crippen molar-refractivity contribution in [3.05, 3.63) is 69.3 Å². The molecule has 0 aromatic heterocycles. The van der Waals surface area contributed by atoms with E-state index in [1.54, 1.807) is 19.1 Å². The molecule has 2 aromatic rings. The highest BCUT2D eigenvalue weighted by Crippen LogP contribution is 2.30. The maximum Gasteiger partial charge on any atom is 0.416 e. The lowest BCUT2D eigenvalue weighted by Crippen LogP contribution is -2.26. The molecule has 0 aliphatic carbocycles. The molecule has 27 heavy (non-hydrogen) atoms. The third-order valence-corrected chi connectivity index (χ3v) is 3.48. The fraction of sp³-hybridized carbons (Fsp3) is 0.176. The summed E-state index contributed by atoms with van der Waals surface area (Å²) >= 11 is 0. The number of hydrogen-bond donors (Lipinski definition) is 2. The van der Waals surface area contributed by atoms with Crippen LogP contribution in [0.4, 0.5) is 24.5 Å². The van der Waals surface area contributed by atoms with Gasteiger partial charge >= 0.3 is 6.18 Å². The van der Waals surface area contributed by atoms with Crippen molar-refractivity contribution in [2.24, 2.45) is 5.10 Å². The average molecular weight is 380 g/mol. The first kappa shape index (κ1) is 19.9. The number of carbonyl (C=O) groups excluding carboxylic acids is 1. The Kier molecular flexibility index (Phi) is 6.11. The number of benzene rings is 2. The second kappa shape index (κ2) is 8.30. The maximum atomic E-state index is 12.6. The van der Waals surface area contributed by atoms with Gasteiger partial charge < -0.3 is 5.32 Å². The summed E-state index contributed by atoms with van der Waals surface area (Å²) in [5.74, 6) is -0.592. The molecular weight excluding hydrogens is 365 g/mol. The van der Waals surface area contributed by atoms with Gasteiger partial charge in [0, 0.05) is 22.9 Å². The minimum atomic E-state index is -4.47. The first-order valence-corrected chi connectivity index (χ1v) is 7.65. The molecule has 2 aromatic carbocycles. The summed E-state index contributed by atoms with van der Waals surface area (Å²) in [5, 5.41) is 17.1. The van der Waals surface area contributed by atoms with Gasteiger partial charge in [0.2, 0.25) is 0 Å². The van der Waals surface area contributed by atoms with E-state index in [0.717, 1.165) is 12.1 Å². The smallest absolute Gasteiger partial charge is 0.376 e. The number of nitrogens with one attached hydrogen (secondary N) is 2. The number of hydrazone groups is 1. The molecule has 10 heteroatoms. The zero-order valence-corrected chi connectivity index (χ0v) is 14.1. The number of hydrogen-bond acceptors (Lipinski definition) is 5. The van der Waals surface area contributed by atoms with E-state index in [-0.39, 0.29) is 17.9 Å². The van der Waals surface area contributed by atoms with Gasteiger partial charge in [-0.2, -0.15) is 18.3 Å². The molecular formula is C17H15F3N4O3. The van der Waals surface area contributed by atoms with Crippen molar-refractivity contribution in [3.63, 3.8) is 0 Å². The highest BCUT2D eigenvalue weighted by atomic mass is 19.4. The Hall–Kier alpha value is -3.43. The van der Waals surface area contributed by atoms with Gasteiger partial charge in [-0.25, -0.2) is 5.43 Å². The topological polar surface area (TPSA) is 96.6 Å². The number of alkyl halides is 3. The molecule has 0 spiro atoms. The fourth-order valence-electron chi connectivity index (χ4n) is 2.11. The molecule has 2 rings (SSSR count). The van der Waals surface area contributed by atoms with Gasteiger partial charge in [-0.05, 0) is 25.1 Å². The summed E-state index contributed by atoms with van der Waals surface area (Å²) in [5.41, 5.74) is 2.33. The lowest BCUT2D eigenvalue weighted by molar-refractivity contribution is -0.385. The van der Waals surface area contributed by atoms with Crippen molar-refractivity contribution >= 4 is 23.5 Å². The second-order valence-electron chi connectivity index (χ2n) is 5.53. The molecule has 0 bridgehead atoms. The van der Waals surface area contributed by atoms with Crippen molar-refractivity contribution in [2.45, 2.75) is 13.1 Å². The van der Waals surface area contributed by atoms with E-state index < -0.39 is 22.6 Å². The van der Waals surface area contributed by atoms with Gasteiger partial charge in [0.05, 0.1) is 23.2 Å². The van der Waals surface area contributed by atoms with E-state index in [0.29, 0.717) is 11.1 Å². The largest absolute Gasteiger partial charge is 0.416 e. The molecule has 142 valence electrons. The van der Waals surface area contributed by atoms with E-state index in [1.807, 2.05) is 0 Å². The number of aryl methyl sites for hydroxylation is 1. The van der Waals surface area contributed by atoms with Crippen LogP contribution in [0.25, 0.3) is 0 Å². The van der Waals surface area contributed by atoms with Crippen LogP contribution in [-0.4, -0.2) is 23.6 Å². The van der Waals surface area contributed by atoms with Crippen LogP contribution < -0.4 is 10.7 Å². The predicted octanol–water partition coefficient (Wildman–Crippen LogP) is 3.48. The van der Waals surface area contributed by atoms with E-state index >= 15 is 0 Å². The zero-order chi connectivity index (χ0) is 20.0. The van der Waals surface area contributed by atoms with Crippen LogP contribution >= 0.6 is 0 Å². The van der Waals surface area contributed by atoms with Crippen molar-refractivity contribution in [2.75, 3.05) is 11.9 Å². The Morgan fingerprint density at radius 2 is 2.00 bits per heavy atom. The summed E-state index contributed by atoms with van der Waals surface area (Å²) in [6.07, 6.45) is -3.24. The summed E-state index contributed by atoms with van der Waals surface area (Å²) < 4.78 is 37.9.